The van der Waals surface area contributed by atoms with Gasteiger partial charge in [0.05, 0.1) is 6.10 Å². The molecule has 0 aliphatic heterocycles. The SMILES string of the molecule is C=C(C)[C@H]1[C@@H]2C3CC[C@@H]4[C@@]5(C)CC[C@H](O)C(C)(C)[C@@H]5CC[C@@]4(C)[C@]3(C)CC[C@@]2(CO)CC1(C)C. The standard InChI is InChI=1S/C32H54O2/c1-20(2)25-26-21-10-11-23-29(7)14-13-24(34)28(5,6)22(29)12-15-31(23,9)30(21,8)16-17-32(26,19-33)18-27(25,3)4/h21-26,33-34H,1,10-19H2,2-9H3/t21?,22-,23+,24-,25-,26-,29-,30+,31+,32-/m0/s1. The molecule has 5 saturated carbocycles. The van der Waals surface area contributed by atoms with E-state index < -0.39 is 0 Å². The molecular weight excluding hydrogens is 416 g/mol. The van der Waals surface area contributed by atoms with Crippen molar-refractivity contribution < 1.29 is 10.2 Å². The highest BCUT2D eigenvalue weighted by Crippen LogP contribution is 2.78. The Morgan fingerprint density at radius 2 is 1.50 bits per heavy atom. The van der Waals surface area contributed by atoms with E-state index in [9.17, 15) is 10.2 Å². The van der Waals surface area contributed by atoms with Gasteiger partial charge < -0.3 is 10.2 Å². The summed E-state index contributed by atoms with van der Waals surface area (Å²) < 4.78 is 0. The Bertz CT molecular complexity index is 857. The number of aliphatic hydroxyl groups excluding tert-OH is 2. The lowest BCUT2D eigenvalue weighted by atomic mass is 9.32. The van der Waals surface area contributed by atoms with Crippen LogP contribution in [0.3, 0.4) is 0 Å². The molecule has 0 radical (unpaired) electrons. The molecule has 1 unspecified atom stereocenters. The molecule has 5 aliphatic carbocycles. The maximum atomic E-state index is 10.9. The minimum Gasteiger partial charge on any atom is -0.396 e. The first-order chi connectivity index (χ1) is 15.6. The van der Waals surface area contributed by atoms with Crippen molar-refractivity contribution in [1.29, 1.82) is 0 Å². The quantitative estimate of drug-likeness (QED) is 0.407. The number of hydrogen-bond donors (Lipinski definition) is 2. The summed E-state index contributed by atoms with van der Waals surface area (Å²) in [6.45, 7) is 24.7. The van der Waals surface area contributed by atoms with Crippen LogP contribution in [0.1, 0.15) is 113 Å². The minimum atomic E-state index is -0.154. The molecule has 2 N–H and O–H groups in total. The Morgan fingerprint density at radius 1 is 0.824 bits per heavy atom. The topological polar surface area (TPSA) is 40.5 Å². The number of aliphatic hydroxyl groups is 2. The van der Waals surface area contributed by atoms with Gasteiger partial charge in [-0.2, -0.15) is 0 Å². The van der Waals surface area contributed by atoms with Crippen molar-refractivity contribution in [2.75, 3.05) is 6.61 Å². The predicted octanol–water partition coefficient (Wildman–Crippen LogP) is 7.63. The van der Waals surface area contributed by atoms with Gasteiger partial charge in [0.1, 0.15) is 0 Å². The van der Waals surface area contributed by atoms with E-state index in [-0.39, 0.29) is 22.3 Å². The third-order valence-electron chi connectivity index (χ3n) is 14.1. The fraction of sp³-hybridized carbons (Fsp3) is 0.938. The van der Waals surface area contributed by atoms with Crippen LogP contribution in [0.15, 0.2) is 12.2 Å². The summed E-state index contributed by atoms with van der Waals surface area (Å²) in [6.07, 6.45) is 10.8. The maximum absolute atomic E-state index is 10.9. The Kier molecular flexibility index (Phi) is 5.49. The van der Waals surface area contributed by atoms with Crippen LogP contribution in [0.25, 0.3) is 0 Å². The Morgan fingerprint density at radius 3 is 2.12 bits per heavy atom. The lowest BCUT2D eigenvalue weighted by Crippen LogP contribution is -2.66. The Balaban J connectivity index is 1.57. The molecule has 2 nitrogen and oxygen atoms in total. The molecule has 5 rings (SSSR count). The number of hydrogen-bond acceptors (Lipinski definition) is 2. The Hall–Kier alpha value is -0.340. The van der Waals surface area contributed by atoms with Crippen molar-refractivity contribution in [3.8, 4) is 0 Å². The first-order valence-electron chi connectivity index (χ1n) is 14.6. The van der Waals surface area contributed by atoms with Gasteiger partial charge in [-0.25, -0.2) is 0 Å². The van der Waals surface area contributed by atoms with E-state index in [0.29, 0.717) is 46.5 Å². The first kappa shape index (κ1) is 25.3. The third-order valence-corrected chi connectivity index (χ3v) is 14.1. The summed E-state index contributed by atoms with van der Waals surface area (Å²) in [4.78, 5) is 0. The van der Waals surface area contributed by atoms with Crippen LogP contribution in [-0.2, 0) is 0 Å². The normalized spacial score (nSPS) is 55.5. The van der Waals surface area contributed by atoms with Crippen molar-refractivity contribution in [2.24, 2.45) is 62.1 Å². The van der Waals surface area contributed by atoms with Gasteiger partial charge in [0.15, 0.2) is 0 Å². The molecule has 0 amide bonds. The molecule has 0 saturated heterocycles. The van der Waals surface area contributed by atoms with Crippen molar-refractivity contribution >= 4 is 0 Å². The predicted molar refractivity (Wildman–Crippen MR) is 141 cm³/mol. The van der Waals surface area contributed by atoms with Gasteiger partial charge in [0, 0.05) is 6.61 Å². The van der Waals surface area contributed by atoms with Gasteiger partial charge in [-0.05, 0) is 127 Å². The summed E-state index contributed by atoms with van der Waals surface area (Å²) in [5, 5.41) is 21.8. The molecule has 0 aromatic rings. The van der Waals surface area contributed by atoms with E-state index in [0.717, 1.165) is 18.8 Å². The molecule has 2 heteroatoms. The van der Waals surface area contributed by atoms with Crippen LogP contribution in [0.5, 0.6) is 0 Å². The molecule has 0 heterocycles. The van der Waals surface area contributed by atoms with Crippen LogP contribution in [0, 0.1) is 62.1 Å². The smallest absolute Gasteiger partial charge is 0.0594 e. The van der Waals surface area contributed by atoms with Crippen molar-refractivity contribution in [2.45, 2.75) is 119 Å². The lowest BCUT2D eigenvalue weighted by Gasteiger charge is -2.73. The number of fused-ring (bicyclic) bond motifs is 7. The van der Waals surface area contributed by atoms with E-state index >= 15 is 0 Å². The summed E-state index contributed by atoms with van der Waals surface area (Å²) in [7, 11) is 0. The van der Waals surface area contributed by atoms with Crippen molar-refractivity contribution in [3.05, 3.63) is 12.2 Å². The zero-order valence-corrected chi connectivity index (χ0v) is 23.6. The van der Waals surface area contributed by atoms with Crippen LogP contribution >= 0.6 is 0 Å². The van der Waals surface area contributed by atoms with Gasteiger partial charge in [-0.1, -0.05) is 60.6 Å². The van der Waals surface area contributed by atoms with E-state index in [1.165, 1.54) is 50.5 Å². The zero-order chi connectivity index (χ0) is 25.1. The minimum absolute atomic E-state index is 0.0191. The number of rotatable bonds is 2. The molecule has 34 heavy (non-hydrogen) atoms. The highest BCUT2D eigenvalue weighted by molar-refractivity contribution is 5.24. The fourth-order valence-corrected chi connectivity index (χ4v) is 12.6. The van der Waals surface area contributed by atoms with E-state index in [2.05, 4.69) is 62.0 Å². The van der Waals surface area contributed by atoms with Crippen LogP contribution in [-0.4, -0.2) is 22.9 Å². The average Bonchev–Trinajstić information content (AvgIpc) is 2.99. The third kappa shape index (κ3) is 2.88. The van der Waals surface area contributed by atoms with Gasteiger partial charge in [0.2, 0.25) is 0 Å². The molecule has 10 atom stereocenters. The second-order valence-electron chi connectivity index (χ2n) is 16.1. The molecule has 5 aliphatic rings. The van der Waals surface area contributed by atoms with E-state index in [1.54, 1.807) is 0 Å². The largest absolute Gasteiger partial charge is 0.396 e. The second kappa shape index (κ2) is 7.37. The highest BCUT2D eigenvalue weighted by Gasteiger charge is 2.72. The van der Waals surface area contributed by atoms with Crippen molar-refractivity contribution in [3.63, 3.8) is 0 Å². The first-order valence-corrected chi connectivity index (χ1v) is 14.6. The molecule has 194 valence electrons. The summed E-state index contributed by atoms with van der Waals surface area (Å²) in [5.74, 6) is 3.12. The molecule has 0 aromatic carbocycles. The molecule has 0 spiro atoms. The molecule has 0 bridgehead atoms. The van der Waals surface area contributed by atoms with Crippen molar-refractivity contribution in [1.82, 2.24) is 0 Å². The van der Waals surface area contributed by atoms with Gasteiger partial charge in [-0.3, -0.25) is 0 Å². The lowest BCUT2D eigenvalue weighted by molar-refractivity contribution is -0.249. The highest BCUT2D eigenvalue weighted by atomic mass is 16.3. The monoisotopic (exact) mass is 470 g/mol. The number of allylic oxidation sites excluding steroid dienone is 1. The summed E-state index contributed by atoms with van der Waals surface area (Å²) >= 11 is 0. The molecular formula is C32H54O2. The molecule has 5 fully saturated rings. The van der Waals surface area contributed by atoms with Gasteiger partial charge in [0.25, 0.3) is 0 Å². The Labute approximate surface area is 210 Å². The average molecular weight is 471 g/mol. The van der Waals surface area contributed by atoms with E-state index in [1.807, 2.05) is 0 Å². The summed E-state index contributed by atoms with van der Waals surface area (Å²) in [6, 6.07) is 0. The van der Waals surface area contributed by atoms with Crippen LogP contribution < -0.4 is 0 Å². The summed E-state index contributed by atoms with van der Waals surface area (Å²) in [5.41, 5.74) is 2.66. The second-order valence-corrected chi connectivity index (χ2v) is 16.1. The van der Waals surface area contributed by atoms with Crippen LogP contribution in [0.2, 0.25) is 0 Å². The van der Waals surface area contributed by atoms with Crippen LogP contribution in [0.4, 0.5) is 0 Å². The van der Waals surface area contributed by atoms with Gasteiger partial charge in [-0.15, -0.1) is 0 Å². The van der Waals surface area contributed by atoms with Gasteiger partial charge >= 0.3 is 0 Å². The maximum Gasteiger partial charge on any atom is 0.0594 e. The van der Waals surface area contributed by atoms with E-state index in [4.69, 9.17) is 0 Å². The fourth-order valence-electron chi connectivity index (χ4n) is 12.6. The zero-order valence-electron chi connectivity index (χ0n) is 23.6. The molecule has 0 aromatic heterocycles.